The number of amides is 4. The fourth-order valence-corrected chi connectivity index (χ4v) is 4.25. The van der Waals surface area contributed by atoms with Crippen molar-refractivity contribution in [3.8, 4) is 0 Å². The topological polar surface area (TPSA) is 95.7 Å². The normalized spacial score (nSPS) is 24.5. The van der Waals surface area contributed by atoms with Gasteiger partial charge < -0.3 is 16.0 Å². The summed E-state index contributed by atoms with van der Waals surface area (Å²) in [6.07, 6.45) is 4.19. The number of nitrogens with two attached hydrogens (primary N) is 1. The lowest BCUT2D eigenvalue weighted by atomic mass is 9.73. The molecule has 1 aliphatic carbocycles. The fraction of sp³-hybridized carbons (Fsp3) is 0.571. The predicted molar refractivity (Wildman–Crippen MR) is 106 cm³/mol. The van der Waals surface area contributed by atoms with Crippen molar-refractivity contribution in [1.29, 1.82) is 0 Å². The van der Waals surface area contributed by atoms with Crippen molar-refractivity contribution in [3.05, 3.63) is 35.9 Å². The third-order valence-electron chi connectivity index (χ3n) is 6.00. The van der Waals surface area contributed by atoms with Crippen molar-refractivity contribution in [3.63, 3.8) is 0 Å². The van der Waals surface area contributed by atoms with Crippen LogP contribution in [0.25, 0.3) is 0 Å². The molecule has 7 nitrogen and oxygen atoms in total. The van der Waals surface area contributed by atoms with Gasteiger partial charge in [-0.1, -0.05) is 50.1 Å². The SMILES string of the molecule is CC1CCCCC12NC(=O)N(CC(=O)N(CCCN)Cc1ccccc1)C2=O. The van der Waals surface area contributed by atoms with Gasteiger partial charge in [0.25, 0.3) is 5.91 Å². The number of imide groups is 1. The van der Waals surface area contributed by atoms with Crippen molar-refractivity contribution in [2.75, 3.05) is 19.6 Å². The zero-order valence-electron chi connectivity index (χ0n) is 16.5. The van der Waals surface area contributed by atoms with Crippen molar-refractivity contribution >= 4 is 17.8 Å². The molecular weight excluding hydrogens is 356 g/mol. The molecule has 2 atom stereocenters. The van der Waals surface area contributed by atoms with Crippen molar-refractivity contribution in [2.45, 2.75) is 51.1 Å². The standard InChI is InChI=1S/C21H30N4O3/c1-16-8-5-6-11-21(16)19(27)25(20(28)23-21)15-18(26)24(13-7-12-22)14-17-9-3-2-4-10-17/h2-4,9-10,16H,5-8,11-15,22H2,1H3,(H,23,28). The summed E-state index contributed by atoms with van der Waals surface area (Å²) in [7, 11) is 0. The van der Waals surface area contributed by atoms with E-state index in [2.05, 4.69) is 5.32 Å². The molecule has 0 radical (unpaired) electrons. The highest BCUT2D eigenvalue weighted by Crippen LogP contribution is 2.38. The van der Waals surface area contributed by atoms with Crippen molar-refractivity contribution in [2.24, 2.45) is 11.7 Å². The number of carbonyl (C=O) groups is 3. The number of hydrogen-bond donors (Lipinski definition) is 2. The van der Waals surface area contributed by atoms with Gasteiger partial charge in [-0.3, -0.25) is 14.5 Å². The minimum Gasteiger partial charge on any atom is -0.337 e. The summed E-state index contributed by atoms with van der Waals surface area (Å²) in [6.45, 7) is 3.19. The van der Waals surface area contributed by atoms with Crippen LogP contribution in [-0.4, -0.2) is 52.8 Å². The maximum Gasteiger partial charge on any atom is 0.325 e. The molecule has 1 aromatic carbocycles. The Labute approximate surface area is 166 Å². The lowest BCUT2D eigenvalue weighted by molar-refractivity contribution is -0.140. The van der Waals surface area contributed by atoms with Crippen LogP contribution in [0.4, 0.5) is 4.79 Å². The first-order valence-corrected chi connectivity index (χ1v) is 10.1. The monoisotopic (exact) mass is 386 g/mol. The van der Waals surface area contributed by atoms with E-state index in [0.29, 0.717) is 32.5 Å². The Kier molecular flexibility index (Phi) is 6.34. The summed E-state index contributed by atoms with van der Waals surface area (Å²) >= 11 is 0. The molecule has 28 heavy (non-hydrogen) atoms. The molecule has 1 aromatic rings. The van der Waals surface area contributed by atoms with E-state index < -0.39 is 11.6 Å². The molecule has 152 valence electrons. The summed E-state index contributed by atoms with van der Waals surface area (Å²) in [4.78, 5) is 41.4. The number of rotatable bonds is 7. The second-order valence-corrected chi connectivity index (χ2v) is 7.88. The van der Waals surface area contributed by atoms with Crippen LogP contribution in [0, 0.1) is 5.92 Å². The van der Waals surface area contributed by atoms with E-state index in [-0.39, 0.29) is 24.3 Å². The Balaban J connectivity index is 1.71. The van der Waals surface area contributed by atoms with E-state index in [4.69, 9.17) is 5.73 Å². The summed E-state index contributed by atoms with van der Waals surface area (Å²) in [5.41, 5.74) is 5.79. The van der Waals surface area contributed by atoms with Gasteiger partial charge in [-0.05, 0) is 37.3 Å². The minimum atomic E-state index is -0.836. The third-order valence-corrected chi connectivity index (χ3v) is 6.00. The van der Waals surface area contributed by atoms with E-state index in [1.54, 1.807) is 4.90 Å². The van der Waals surface area contributed by atoms with Gasteiger partial charge in [0.1, 0.15) is 12.1 Å². The van der Waals surface area contributed by atoms with Crippen LogP contribution in [0.15, 0.2) is 30.3 Å². The lowest BCUT2D eigenvalue weighted by Gasteiger charge is -2.36. The second kappa shape index (κ2) is 8.73. The maximum atomic E-state index is 13.1. The first kappa shape index (κ1) is 20.3. The summed E-state index contributed by atoms with van der Waals surface area (Å²) in [5.74, 6) is -0.409. The number of nitrogens with zero attached hydrogens (tertiary/aromatic N) is 2. The first-order chi connectivity index (χ1) is 13.5. The molecule has 2 fully saturated rings. The van der Waals surface area contributed by atoms with Crippen molar-refractivity contribution < 1.29 is 14.4 Å². The Morgan fingerprint density at radius 2 is 2.04 bits per heavy atom. The summed E-state index contributed by atoms with van der Waals surface area (Å²) in [5, 5.41) is 2.90. The third kappa shape index (κ3) is 4.04. The summed E-state index contributed by atoms with van der Waals surface area (Å²) in [6, 6.07) is 9.22. The molecule has 1 heterocycles. The van der Waals surface area contributed by atoms with E-state index in [0.717, 1.165) is 29.7 Å². The van der Waals surface area contributed by atoms with Gasteiger partial charge in [0.05, 0.1) is 0 Å². The number of nitrogens with one attached hydrogen (secondary N) is 1. The van der Waals surface area contributed by atoms with Crippen LogP contribution in [0.3, 0.4) is 0 Å². The minimum absolute atomic E-state index is 0.0791. The Morgan fingerprint density at radius 1 is 1.29 bits per heavy atom. The van der Waals surface area contributed by atoms with Crippen LogP contribution in [0.2, 0.25) is 0 Å². The van der Waals surface area contributed by atoms with E-state index in [1.807, 2.05) is 37.3 Å². The molecule has 0 bridgehead atoms. The molecule has 3 rings (SSSR count). The average Bonchev–Trinajstić information content (AvgIpc) is 2.93. The van der Waals surface area contributed by atoms with Crippen LogP contribution in [0.1, 0.15) is 44.6 Å². The Hall–Kier alpha value is -2.41. The Morgan fingerprint density at radius 3 is 2.71 bits per heavy atom. The molecule has 2 unspecified atom stereocenters. The molecule has 2 aliphatic rings. The highest BCUT2D eigenvalue weighted by molar-refractivity contribution is 6.09. The molecule has 1 spiro atoms. The van der Waals surface area contributed by atoms with E-state index >= 15 is 0 Å². The molecule has 3 N–H and O–H groups in total. The maximum absolute atomic E-state index is 13.1. The van der Waals surface area contributed by atoms with Crippen LogP contribution >= 0.6 is 0 Å². The smallest absolute Gasteiger partial charge is 0.325 e. The van der Waals surface area contributed by atoms with Crippen molar-refractivity contribution in [1.82, 2.24) is 15.1 Å². The Bertz CT molecular complexity index is 724. The highest BCUT2D eigenvalue weighted by atomic mass is 16.2. The lowest BCUT2D eigenvalue weighted by Crippen LogP contribution is -2.54. The number of benzene rings is 1. The van der Waals surface area contributed by atoms with Crippen LogP contribution in [0.5, 0.6) is 0 Å². The molecular formula is C21H30N4O3. The van der Waals surface area contributed by atoms with Gasteiger partial charge in [0.15, 0.2) is 0 Å². The van der Waals surface area contributed by atoms with Gasteiger partial charge in [0.2, 0.25) is 5.91 Å². The summed E-state index contributed by atoms with van der Waals surface area (Å²) < 4.78 is 0. The molecule has 4 amide bonds. The highest BCUT2D eigenvalue weighted by Gasteiger charge is 2.55. The second-order valence-electron chi connectivity index (χ2n) is 7.88. The molecule has 1 saturated carbocycles. The van der Waals surface area contributed by atoms with E-state index in [1.165, 1.54) is 0 Å². The number of carbonyl (C=O) groups excluding carboxylic acids is 3. The van der Waals surface area contributed by atoms with Crippen LogP contribution in [-0.2, 0) is 16.1 Å². The number of urea groups is 1. The molecule has 1 saturated heterocycles. The predicted octanol–water partition coefficient (Wildman–Crippen LogP) is 1.86. The molecule has 1 aliphatic heterocycles. The zero-order valence-corrected chi connectivity index (χ0v) is 16.5. The van der Waals surface area contributed by atoms with Gasteiger partial charge >= 0.3 is 6.03 Å². The molecule has 7 heteroatoms. The van der Waals surface area contributed by atoms with Gasteiger partial charge in [-0.25, -0.2) is 4.79 Å². The van der Waals surface area contributed by atoms with Crippen LogP contribution < -0.4 is 11.1 Å². The fourth-order valence-electron chi connectivity index (χ4n) is 4.25. The van der Waals surface area contributed by atoms with Gasteiger partial charge in [0, 0.05) is 13.1 Å². The largest absolute Gasteiger partial charge is 0.337 e. The van der Waals surface area contributed by atoms with E-state index in [9.17, 15) is 14.4 Å². The first-order valence-electron chi connectivity index (χ1n) is 10.1. The zero-order chi connectivity index (χ0) is 20.1. The average molecular weight is 386 g/mol. The quantitative estimate of drug-likeness (QED) is 0.699. The van der Waals surface area contributed by atoms with Gasteiger partial charge in [-0.15, -0.1) is 0 Å². The molecule has 0 aromatic heterocycles. The van der Waals surface area contributed by atoms with Gasteiger partial charge in [-0.2, -0.15) is 0 Å². The number of hydrogen-bond acceptors (Lipinski definition) is 4.